The Balaban J connectivity index is 1.28. The van der Waals surface area contributed by atoms with Crippen LogP contribution in [0.25, 0.3) is 32.9 Å². The van der Waals surface area contributed by atoms with Crippen LogP contribution >= 0.6 is 0 Å². The minimum absolute atomic E-state index is 0.158. The van der Waals surface area contributed by atoms with Crippen molar-refractivity contribution in [1.82, 2.24) is 9.97 Å². The van der Waals surface area contributed by atoms with E-state index in [9.17, 15) is 0 Å². The molecule has 1 atom stereocenters. The van der Waals surface area contributed by atoms with Gasteiger partial charge in [0.2, 0.25) is 0 Å². The fourth-order valence-electron chi connectivity index (χ4n) is 5.88. The highest BCUT2D eigenvalue weighted by molar-refractivity contribution is 6.10. The smallest absolute Gasteiger partial charge is 0.0970 e. The molecular weight excluding hydrogens is 573 g/mol. The summed E-state index contributed by atoms with van der Waals surface area (Å²) in [5.41, 5.74) is 15.1. The highest BCUT2D eigenvalue weighted by atomic mass is 14.7. The zero-order chi connectivity index (χ0) is 32.7. The predicted octanol–water partition coefficient (Wildman–Crippen LogP) is 10.3. The van der Waals surface area contributed by atoms with Crippen molar-refractivity contribution in [2.45, 2.75) is 38.0 Å². The lowest BCUT2D eigenvalue weighted by Crippen LogP contribution is -2.04. The Bertz CT molecular complexity index is 1900. The van der Waals surface area contributed by atoms with Gasteiger partial charge in [-0.15, -0.1) is 6.58 Å². The third kappa shape index (κ3) is 8.96. The summed E-state index contributed by atoms with van der Waals surface area (Å²) in [4.78, 5) is 14.3. The molecule has 0 amide bonds. The third-order valence-corrected chi connectivity index (χ3v) is 8.31. The second-order valence-corrected chi connectivity index (χ2v) is 11.5. The van der Waals surface area contributed by atoms with Gasteiger partial charge >= 0.3 is 0 Å². The van der Waals surface area contributed by atoms with Crippen LogP contribution in [0.1, 0.15) is 43.6 Å². The Morgan fingerprint density at radius 2 is 1.87 bits per heavy atom. The number of nitrogens with two attached hydrogens (primary N) is 1. The number of allylic oxidation sites excluding steroid dienone is 11. The molecule has 2 aromatic heterocycles. The van der Waals surface area contributed by atoms with Gasteiger partial charge in [0.25, 0.3) is 0 Å². The maximum atomic E-state index is 6.16. The van der Waals surface area contributed by atoms with Gasteiger partial charge < -0.3 is 5.73 Å². The lowest BCUT2D eigenvalue weighted by Gasteiger charge is -2.14. The first-order valence-electron chi connectivity index (χ1n) is 16.5. The highest BCUT2D eigenvalue weighted by Gasteiger charge is 2.13. The fraction of sp³-hybridized carbons (Fsp3) is 0.186. The molecule has 2 aromatic carbocycles. The van der Waals surface area contributed by atoms with Crippen LogP contribution in [0.15, 0.2) is 169 Å². The zero-order valence-electron chi connectivity index (χ0n) is 27.1. The van der Waals surface area contributed by atoms with Crippen LogP contribution in [0.4, 0.5) is 0 Å². The number of benzene rings is 2. The molecular formula is C43H44N4. The molecule has 1 aliphatic carbocycles. The summed E-state index contributed by atoms with van der Waals surface area (Å²) in [6.07, 6.45) is 33.7. The Labute approximate surface area is 279 Å². The van der Waals surface area contributed by atoms with Crippen molar-refractivity contribution in [3.05, 3.63) is 169 Å². The topological polar surface area (TPSA) is 64.2 Å². The first kappa shape index (κ1) is 33.2. The van der Waals surface area contributed by atoms with Gasteiger partial charge in [0.05, 0.1) is 17.6 Å². The maximum absolute atomic E-state index is 6.16. The van der Waals surface area contributed by atoms with E-state index in [0.29, 0.717) is 13.1 Å². The summed E-state index contributed by atoms with van der Waals surface area (Å²) >= 11 is 0. The lowest BCUT2D eigenvalue weighted by atomic mass is 9.93. The lowest BCUT2D eigenvalue weighted by molar-refractivity contribution is 0.857. The van der Waals surface area contributed by atoms with Crippen LogP contribution in [0.2, 0.25) is 0 Å². The predicted molar refractivity (Wildman–Crippen MR) is 203 cm³/mol. The number of hydrogen-bond donors (Lipinski definition) is 1. The van der Waals surface area contributed by atoms with E-state index in [1.807, 2.05) is 42.9 Å². The average Bonchev–Trinajstić information content (AvgIpc) is 3.13. The number of aromatic nitrogens is 2. The van der Waals surface area contributed by atoms with Crippen LogP contribution in [0.3, 0.4) is 0 Å². The van der Waals surface area contributed by atoms with E-state index in [1.165, 1.54) is 16.7 Å². The minimum atomic E-state index is 0.158. The molecule has 0 bridgehead atoms. The van der Waals surface area contributed by atoms with E-state index in [2.05, 4.69) is 109 Å². The van der Waals surface area contributed by atoms with Gasteiger partial charge in [-0.05, 0) is 89.9 Å². The van der Waals surface area contributed by atoms with Crippen molar-refractivity contribution in [3.63, 3.8) is 0 Å². The van der Waals surface area contributed by atoms with Gasteiger partial charge in [0.1, 0.15) is 0 Å². The Kier molecular flexibility index (Phi) is 12.3. The summed E-state index contributed by atoms with van der Waals surface area (Å²) in [6, 6.07) is 19.1. The van der Waals surface area contributed by atoms with E-state index >= 15 is 0 Å². The second-order valence-electron chi connectivity index (χ2n) is 11.5. The number of fused-ring (bicyclic) bond motifs is 3. The second kappa shape index (κ2) is 17.5. The molecule has 1 unspecified atom stereocenters. The van der Waals surface area contributed by atoms with E-state index in [4.69, 9.17) is 15.7 Å². The number of hydrogen-bond acceptors (Lipinski definition) is 4. The summed E-state index contributed by atoms with van der Waals surface area (Å²) < 4.78 is 0. The van der Waals surface area contributed by atoms with Gasteiger partial charge in [0.15, 0.2) is 0 Å². The zero-order valence-corrected chi connectivity index (χ0v) is 27.1. The molecule has 0 aliphatic heterocycles. The molecule has 2 N–H and O–H groups in total. The molecule has 0 saturated heterocycles. The minimum Gasteiger partial charge on any atom is -0.326 e. The average molecular weight is 617 g/mol. The van der Waals surface area contributed by atoms with Crippen LogP contribution < -0.4 is 5.73 Å². The van der Waals surface area contributed by atoms with Crippen molar-refractivity contribution >= 4 is 28.0 Å². The van der Waals surface area contributed by atoms with Crippen LogP contribution in [0.5, 0.6) is 0 Å². The van der Waals surface area contributed by atoms with Crippen LogP contribution in [-0.2, 0) is 0 Å². The van der Waals surface area contributed by atoms with Crippen molar-refractivity contribution in [1.29, 1.82) is 0 Å². The van der Waals surface area contributed by atoms with Gasteiger partial charge in [-0.25, -0.2) is 0 Å². The fourth-order valence-corrected chi connectivity index (χ4v) is 5.88. The molecule has 0 fully saturated rings. The molecule has 236 valence electrons. The molecule has 4 aromatic rings. The largest absolute Gasteiger partial charge is 0.326 e. The maximum Gasteiger partial charge on any atom is 0.0970 e. The van der Waals surface area contributed by atoms with E-state index in [-0.39, 0.29) is 5.92 Å². The SMILES string of the molecule is C=C\C=C/C(CCC=NC/C=C/C(CC=C)c1cnc2c(c1)cc(-c1ccccc1)c1cccnc12)=C(\C=C/C1=CCCC=C1)CN. The molecule has 47 heavy (non-hydrogen) atoms. The van der Waals surface area contributed by atoms with Gasteiger partial charge in [-0.1, -0.05) is 110 Å². The number of pyridine rings is 2. The first-order chi connectivity index (χ1) is 23.2. The van der Waals surface area contributed by atoms with Crippen LogP contribution in [0, 0.1) is 0 Å². The number of rotatable bonds is 15. The summed E-state index contributed by atoms with van der Waals surface area (Å²) in [7, 11) is 0. The molecule has 2 heterocycles. The van der Waals surface area contributed by atoms with E-state index < -0.39 is 0 Å². The third-order valence-electron chi connectivity index (χ3n) is 8.31. The highest BCUT2D eigenvalue weighted by Crippen LogP contribution is 2.34. The van der Waals surface area contributed by atoms with Crippen molar-refractivity contribution in [2.75, 3.05) is 13.1 Å². The summed E-state index contributed by atoms with van der Waals surface area (Å²) in [5.74, 6) is 0.158. The van der Waals surface area contributed by atoms with Gasteiger partial charge in [0, 0.05) is 35.6 Å². The van der Waals surface area contributed by atoms with Gasteiger partial charge in [-0.2, -0.15) is 0 Å². The Morgan fingerprint density at radius 1 is 0.979 bits per heavy atom. The van der Waals surface area contributed by atoms with Crippen molar-refractivity contribution in [3.8, 4) is 11.1 Å². The quantitative estimate of drug-likeness (QED) is 0.0625. The van der Waals surface area contributed by atoms with E-state index in [1.54, 1.807) is 6.08 Å². The molecule has 0 saturated carbocycles. The van der Waals surface area contributed by atoms with E-state index in [0.717, 1.165) is 70.6 Å². The van der Waals surface area contributed by atoms with Gasteiger partial charge in [-0.3, -0.25) is 15.0 Å². The number of aliphatic imine (C=N–C) groups is 1. The summed E-state index contributed by atoms with van der Waals surface area (Å²) in [5, 5.41) is 2.19. The first-order valence-corrected chi connectivity index (χ1v) is 16.5. The number of nitrogens with zero attached hydrogens (tertiary/aromatic N) is 3. The molecule has 5 rings (SSSR count). The van der Waals surface area contributed by atoms with Crippen molar-refractivity contribution in [2.24, 2.45) is 10.7 Å². The molecule has 1 aliphatic rings. The standard InChI is InChI=1S/C43H44N4/c1-3-5-18-35(37(31-44)25-24-33-16-8-6-9-17-33)22-13-27-45-26-12-21-34(15-4-2)39-29-38-30-41(36-19-10-7-11-20-36)40-23-14-28-46-43(40)42(38)47-32-39/h3-5,7-8,10-12,14,16-21,23-25,27-30,32,34H,1-2,6,9,13,15,22,26,31,44H2/b18-5-,21-12+,25-24-,37-35-,45-27?. The van der Waals surface area contributed by atoms with Crippen LogP contribution in [-0.4, -0.2) is 29.3 Å². The van der Waals surface area contributed by atoms with Crippen molar-refractivity contribution < 1.29 is 0 Å². The normalized spacial score (nSPS) is 14.9. The molecule has 4 heteroatoms. The molecule has 4 nitrogen and oxygen atoms in total. The molecule has 0 radical (unpaired) electrons. The monoisotopic (exact) mass is 616 g/mol. The Morgan fingerprint density at radius 3 is 2.66 bits per heavy atom. The Hall–Kier alpha value is -5.19. The molecule has 0 spiro atoms. The summed E-state index contributed by atoms with van der Waals surface area (Å²) in [6.45, 7) is 8.96.